The Hall–Kier alpha value is -2.15. The summed E-state index contributed by atoms with van der Waals surface area (Å²) in [6.45, 7) is 2.51. The molecule has 2 rings (SSSR count). The number of carbonyl (C=O) groups excluding carboxylic acids is 1. The van der Waals surface area contributed by atoms with Crippen LogP contribution in [0, 0.1) is 6.92 Å². The fourth-order valence-corrected chi connectivity index (χ4v) is 2.27. The maximum Gasteiger partial charge on any atom is 0.340 e. The highest BCUT2D eigenvalue weighted by Gasteiger charge is 2.13. The van der Waals surface area contributed by atoms with Crippen LogP contribution in [0.15, 0.2) is 18.5 Å². The summed E-state index contributed by atoms with van der Waals surface area (Å²) in [6.07, 6.45) is 3.32. The molecule has 0 aliphatic rings. The van der Waals surface area contributed by atoms with E-state index in [1.807, 2.05) is 13.1 Å². The molecule has 2 heterocycles. The van der Waals surface area contributed by atoms with Crippen LogP contribution in [0.3, 0.4) is 0 Å². The summed E-state index contributed by atoms with van der Waals surface area (Å²) in [5.41, 5.74) is 6.47. The standard InChI is InChI=1S/C12H14N4O2S/c1-7-5-15-9(19-7)6-16-11-10(13)8(3-4-14-11)12(17)18-2/h3-5H,6,13H2,1-2H3,(H,14,16). The average Bonchev–Trinajstić information content (AvgIpc) is 2.82. The predicted molar refractivity (Wildman–Crippen MR) is 74.2 cm³/mol. The molecule has 0 aliphatic carbocycles. The monoisotopic (exact) mass is 278 g/mol. The van der Waals surface area contributed by atoms with Crippen molar-refractivity contribution in [3.05, 3.63) is 33.9 Å². The summed E-state index contributed by atoms with van der Waals surface area (Å²) in [6, 6.07) is 1.53. The van der Waals surface area contributed by atoms with Crippen LogP contribution in [0.4, 0.5) is 11.5 Å². The summed E-state index contributed by atoms with van der Waals surface area (Å²) in [4.78, 5) is 21.0. The Morgan fingerprint density at radius 1 is 1.53 bits per heavy atom. The lowest BCUT2D eigenvalue weighted by Crippen LogP contribution is -2.10. The SMILES string of the molecule is COC(=O)c1ccnc(NCc2ncc(C)s2)c1N. The first-order valence-corrected chi connectivity index (χ1v) is 6.41. The van der Waals surface area contributed by atoms with Crippen LogP contribution in [0.2, 0.25) is 0 Å². The lowest BCUT2D eigenvalue weighted by atomic mass is 10.2. The Morgan fingerprint density at radius 3 is 2.95 bits per heavy atom. The van der Waals surface area contributed by atoms with Gasteiger partial charge in [-0.3, -0.25) is 0 Å². The number of anilines is 2. The lowest BCUT2D eigenvalue weighted by molar-refractivity contribution is 0.0602. The van der Waals surface area contributed by atoms with Gasteiger partial charge in [-0.25, -0.2) is 14.8 Å². The Bertz CT molecular complexity index is 597. The van der Waals surface area contributed by atoms with Crippen LogP contribution in [0.1, 0.15) is 20.2 Å². The molecule has 0 fully saturated rings. The van der Waals surface area contributed by atoms with Crippen molar-refractivity contribution >= 4 is 28.8 Å². The van der Waals surface area contributed by atoms with Gasteiger partial charge in [-0.2, -0.15) is 0 Å². The number of hydrogen-bond donors (Lipinski definition) is 2. The molecule has 0 amide bonds. The van der Waals surface area contributed by atoms with Gasteiger partial charge >= 0.3 is 5.97 Å². The van der Waals surface area contributed by atoms with Gasteiger partial charge in [0.25, 0.3) is 0 Å². The molecule has 3 N–H and O–H groups in total. The Labute approximate surface area is 114 Å². The molecule has 0 atom stereocenters. The van der Waals surface area contributed by atoms with Crippen molar-refractivity contribution < 1.29 is 9.53 Å². The highest BCUT2D eigenvalue weighted by atomic mass is 32.1. The van der Waals surface area contributed by atoms with Crippen LogP contribution in [0.25, 0.3) is 0 Å². The van der Waals surface area contributed by atoms with Gasteiger partial charge in [-0.05, 0) is 13.0 Å². The molecule has 0 saturated heterocycles. The number of aryl methyl sites for hydroxylation is 1. The number of nitrogen functional groups attached to an aromatic ring is 1. The van der Waals surface area contributed by atoms with Gasteiger partial charge in [0.15, 0.2) is 0 Å². The van der Waals surface area contributed by atoms with Gasteiger partial charge in [-0.1, -0.05) is 0 Å². The zero-order chi connectivity index (χ0) is 13.8. The molecule has 2 aromatic rings. The van der Waals surface area contributed by atoms with Crippen molar-refractivity contribution in [2.75, 3.05) is 18.2 Å². The minimum Gasteiger partial charge on any atom is -0.465 e. The number of carbonyl (C=O) groups is 1. The first kappa shape index (κ1) is 13.3. The van der Waals surface area contributed by atoms with Crippen molar-refractivity contribution in [3.63, 3.8) is 0 Å². The number of methoxy groups -OCH3 is 1. The molecule has 0 aromatic carbocycles. The third-order valence-electron chi connectivity index (χ3n) is 2.47. The van der Waals surface area contributed by atoms with Gasteiger partial charge in [0, 0.05) is 17.3 Å². The second-order valence-corrected chi connectivity index (χ2v) is 5.15. The van der Waals surface area contributed by atoms with E-state index in [-0.39, 0.29) is 5.69 Å². The van der Waals surface area contributed by atoms with E-state index < -0.39 is 5.97 Å². The van der Waals surface area contributed by atoms with E-state index in [2.05, 4.69) is 20.0 Å². The number of ether oxygens (including phenoxy) is 1. The van der Waals surface area contributed by atoms with E-state index in [1.54, 1.807) is 11.3 Å². The molecule has 100 valence electrons. The number of nitrogens with zero attached hydrogens (tertiary/aromatic N) is 2. The summed E-state index contributed by atoms with van der Waals surface area (Å²) < 4.78 is 4.65. The second kappa shape index (κ2) is 5.66. The molecule has 0 radical (unpaired) electrons. The lowest BCUT2D eigenvalue weighted by Gasteiger charge is -2.09. The van der Waals surface area contributed by atoms with Crippen molar-refractivity contribution in [2.24, 2.45) is 0 Å². The van der Waals surface area contributed by atoms with E-state index in [4.69, 9.17) is 5.73 Å². The van der Waals surface area contributed by atoms with E-state index >= 15 is 0 Å². The Balaban J connectivity index is 2.14. The van der Waals surface area contributed by atoms with Crippen molar-refractivity contribution in [2.45, 2.75) is 13.5 Å². The van der Waals surface area contributed by atoms with Gasteiger partial charge in [0.2, 0.25) is 0 Å². The number of nitrogens with two attached hydrogens (primary N) is 1. The third-order valence-corrected chi connectivity index (χ3v) is 3.38. The number of thiazole rings is 1. The maximum absolute atomic E-state index is 11.5. The van der Waals surface area contributed by atoms with Crippen LogP contribution in [-0.4, -0.2) is 23.0 Å². The number of hydrogen-bond acceptors (Lipinski definition) is 7. The average molecular weight is 278 g/mol. The molecular weight excluding hydrogens is 264 g/mol. The highest BCUT2D eigenvalue weighted by molar-refractivity contribution is 7.11. The highest BCUT2D eigenvalue weighted by Crippen LogP contribution is 2.22. The molecule has 6 nitrogen and oxygen atoms in total. The summed E-state index contributed by atoms with van der Waals surface area (Å²) in [5.74, 6) is -0.0243. The minimum atomic E-state index is -0.479. The number of rotatable bonds is 4. The van der Waals surface area contributed by atoms with E-state index in [1.165, 1.54) is 19.4 Å². The summed E-state index contributed by atoms with van der Waals surface area (Å²) in [5, 5.41) is 4.00. The third kappa shape index (κ3) is 3.00. The van der Waals surface area contributed by atoms with E-state index in [0.29, 0.717) is 17.9 Å². The summed E-state index contributed by atoms with van der Waals surface area (Å²) in [7, 11) is 1.31. The molecule has 0 bridgehead atoms. The minimum absolute atomic E-state index is 0.280. The second-order valence-electron chi connectivity index (χ2n) is 3.83. The van der Waals surface area contributed by atoms with Gasteiger partial charge in [-0.15, -0.1) is 11.3 Å². The van der Waals surface area contributed by atoms with Crippen LogP contribution < -0.4 is 11.1 Å². The van der Waals surface area contributed by atoms with Crippen LogP contribution in [-0.2, 0) is 11.3 Å². The van der Waals surface area contributed by atoms with Crippen LogP contribution >= 0.6 is 11.3 Å². The molecule has 0 saturated carbocycles. The van der Waals surface area contributed by atoms with E-state index in [0.717, 1.165) is 9.88 Å². The maximum atomic E-state index is 11.5. The van der Waals surface area contributed by atoms with Gasteiger partial charge in [0.05, 0.1) is 24.9 Å². The molecular formula is C12H14N4O2S. The fraction of sp³-hybridized carbons (Fsp3) is 0.250. The van der Waals surface area contributed by atoms with Crippen molar-refractivity contribution in [1.82, 2.24) is 9.97 Å². The Morgan fingerprint density at radius 2 is 2.32 bits per heavy atom. The number of pyridine rings is 1. The quantitative estimate of drug-likeness (QED) is 0.829. The zero-order valence-electron chi connectivity index (χ0n) is 10.6. The van der Waals surface area contributed by atoms with Crippen molar-refractivity contribution in [3.8, 4) is 0 Å². The number of esters is 1. The summed E-state index contributed by atoms with van der Waals surface area (Å²) >= 11 is 1.59. The molecule has 0 unspecified atom stereocenters. The molecule has 0 spiro atoms. The van der Waals surface area contributed by atoms with Crippen molar-refractivity contribution in [1.29, 1.82) is 0 Å². The molecule has 2 aromatic heterocycles. The van der Waals surface area contributed by atoms with Gasteiger partial charge in [0.1, 0.15) is 10.8 Å². The molecule has 0 aliphatic heterocycles. The first-order chi connectivity index (χ1) is 9.11. The fourth-order valence-electron chi connectivity index (χ4n) is 1.54. The zero-order valence-corrected chi connectivity index (χ0v) is 11.5. The smallest absolute Gasteiger partial charge is 0.340 e. The first-order valence-electron chi connectivity index (χ1n) is 5.59. The number of nitrogens with one attached hydrogen (secondary N) is 1. The number of aromatic nitrogens is 2. The normalized spacial score (nSPS) is 10.2. The topological polar surface area (TPSA) is 90.1 Å². The van der Waals surface area contributed by atoms with Crippen LogP contribution in [0.5, 0.6) is 0 Å². The Kier molecular flexibility index (Phi) is 3.96. The predicted octanol–water partition coefficient (Wildman–Crippen LogP) is 1.83. The molecule has 19 heavy (non-hydrogen) atoms. The van der Waals surface area contributed by atoms with Gasteiger partial charge < -0.3 is 15.8 Å². The van der Waals surface area contributed by atoms with E-state index in [9.17, 15) is 4.79 Å². The molecule has 7 heteroatoms. The largest absolute Gasteiger partial charge is 0.465 e.